The van der Waals surface area contributed by atoms with E-state index < -0.39 is 5.82 Å². The molecule has 1 N–H and O–H groups in total. The fourth-order valence-corrected chi connectivity index (χ4v) is 2.79. The molecule has 0 bridgehead atoms. The molecular formula is C15H20FN3O. The molecule has 5 heteroatoms. The van der Waals surface area contributed by atoms with E-state index in [1.807, 2.05) is 6.07 Å². The van der Waals surface area contributed by atoms with E-state index in [2.05, 4.69) is 16.7 Å². The zero-order chi connectivity index (χ0) is 14.7. The van der Waals surface area contributed by atoms with Gasteiger partial charge in [0.25, 0.3) is 0 Å². The highest BCUT2D eigenvalue weighted by molar-refractivity contribution is 5.60. The van der Waals surface area contributed by atoms with Crippen molar-refractivity contribution in [3.8, 4) is 6.07 Å². The van der Waals surface area contributed by atoms with Crippen molar-refractivity contribution in [2.45, 2.75) is 26.0 Å². The van der Waals surface area contributed by atoms with Gasteiger partial charge in [0, 0.05) is 32.2 Å². The number of β-amino-alcohol motifs (C(OH)–C–C–N with tert-alkyl or cyclic N) is 1. The van der Waals surface area contributed by atoms with Crippen LogP contribution >= 0.6 is 0 Å². The first kappa shape index (κ1) is 14.8. The summed E-state index contributed by atoms with van der Waals surface area (Å²) in [6.07, 6.45) is -0.349. The molecule has 0 saturated carbocycles. The first-order valence-electron chi connectivity index (χ1n) is 6.88. The molecule has 2 atom stereocenters. The molecule has 20 heavy (non-hydrogen) atoms. The normalized spacial score (nSPS) is 21.6. The third-order valence-electron chi connectivity index (χ3n) is 3.65. The second kappa shape index (κ2) is 6.21. The summed E-state index contributed by atoms with van der Waals surface area (Å²) in [7, 11) is 0. The van der Waals surface area contributed by atoms with Crippen LogP contribution in [0.25, 0.3) is 0 Å². The summed E-state index contributed by atoms with van der Waals surface area (Å²) in [5, 5.41) is 18.6. The summed E-state index contributed by atoms with van der Waals surface area (Å²) in [5.41, 5.74) is 0.778. The highest BCUT2D eigenvalue weighted by Gasteiger charge is 2.26. The number of nitriles is 1. The predicted octanol–water partition coefficient (Wildman–Crippen LogP) is 1.59. The summed E-state index contributed by atoms with van der Waals surface area (Å²) >= 11 is 0. The molecule has 0 amide bonds. The predicted molar refractivity (Wildman–Crippen MR) is 76.0 cm³/mol. The van der Waals surface area contributed by atoms with Gasteiger partial charge in [0.1, 0.15) is 17.4 Å². The Morgan fingerprint density at radius 1 is 1.50 bits per heavy atom. The molecule has 0 aliphatic carbocycles. The number of aliphatic hydroxyl groups excluding tert-OH is 1. The van der Waals surface area contributed by atoms with Crippen LogP contribution in [0.4, 0.5) is 10.1 Å². The molecule has 0 aromatic heterocycles. The molecule has 1 heterocycles. The van der Waals surface area contributed by atoms with E-state index in [0.717, 1.165) is 19.6 Å². The third-order valence-corrected chi connectivity index (χ3v) is 3.65. The molecule has 2 unspecified atom stereocenters. The van der Waals surface area contributed by atoms with E-state index >= 15 is 0 Å². The Morgan fingerprint density at radius 2 is 2.25 bits per heavy atom. The number of hydrogen-bond acceptors (Lipinski definition) is 4. The van der Waals surface area contributed by atoms with E-state index in [4.69, 9.17) is 5.26 Å². The smallest absolute Gasteiger partial charge is 0.143 e. The zero-order valence-electron chi connectivity index (χ0n) is 11.9. The fourth-order valence-electron chi connectivity index (χ4n) is 2.79. The monoisotopic (exact) mass is 277 g/mol. The first-order chi connectivity index (χ1) is 9.52. The van der Waals surface area contributed by atoms with Gasteiger partial charge in [0.05, 0.1) is 11.8 Å². The standard InChI is InChI=1S/C15H20FN3O/c1-11-9-18(10-12(2)20)6-7-19(11)15-5-3-4-14(16)13(15)8-17/h3-5,11-12,20H,6-7,9-10H2,1-2H3. The molecule has 1 fully saturated rings. The molecule has 1 aromatic rings. The minimum absolute atomic E-state index is 0.114. The lowest BCUT2D eigenvalue weighted by Crippen LogP contribution is -2.53. The van der Waals surface area contributed by atoms with Crippen molar-refractivity contribution < 1.29 is 9.50 Å². The Hall–Kier alpha value is -1.64. The number of nitrogens with zero attached hydrogens (tertiary/aromatic N) is 3. The average molecular weight is 277 g/mol. The van der Waals surface area contributed by atoms with Crippen LogP contribution in [0.3, 0.4) is 0 Å². The maximum atomic E-state index is 13.7. The minimum Gasteiger partial charge on any atom is -0.392 e. The van der Waals surface area contributed by atoms with Gasteiger partial charge in [-0.1, -0.05) is 6.07 Å². The van der Waals surface area contributed by atoms with Crippen molar-refractivity contribution >= 4 is 5.69 Å². The summed E-state index contributed by atoms with van der Waals surface area (Å²) in [5.74, 6) is -0.469. The third kappa shape index (κ3) is 3.09. The number of halogens is 1. The number of anilines is 1. The Balaban J connectivity index is 2.16. The number of rotatable bonds is 3. The van der Waals surface area contributed by atoms with Crippen LogP contribution in [0.1, 0.15) is 19.4 Å². The molecule has 0 spiro atoms. The van der Waals surface area contributed by atoms with Crippen molar-refractivity contribution in [3.63, 3.8) is 0 Å². The van der Waals surface area contributed by atoms with Gasteiger partial charge in [-0.2, -0.15) is 5.26 Å². The van der Waals surface area contributed by atoms with Crippen molar-refractivity contribution in [3.05, 3.63) is 29.6 Å². The van der Waals surface area contributed by atoms with Crippen LogP contribution in [0.2, 0.25) is 0 Å². The van der Waals surface area contributed by atoms with Crippen LogP contribution in [-0.4, -0.2) is 48.3 Å². The maximum absolute atomic E-state index is 13.7. The second-order valence-corrected chi connectivity index (χ2v) is 5.40. The number of aliphatic hydroxyl groups is 1. The number of hydrogen-bond donors (Lipinski definition) is 1. The first-order valence-corrected chi connectivity index (χ1v) is 6.88. The summed E-state index contributed by atoms with van der Waals surface area (Å²) in [6.45, 7) is 6.80. The van der Waals surface area contributed by atoms with Gasteiger partial charge in [0.2, 0.25) is 0 Å². The van der Waals surface area contributed by atoms with Gasteiger partial charge in [-0.05, 0) is 26.0 Å². The lowest BCUT2D eigenvalue weighted by Gasteiger charge is -2.42. The van der Waals surface area contributed by atoms with Crippen LogP contribution in [0.5, 0.6) is 0 Å². The van der Waals surface area contributed by atoms with Crippen molar-refractivity contribution in [2.24, 2.45) is 0 Å². The van der Waals surface area contributed by atoms with Crippen molar-refractivity contribution in [2.75, 3.05) is 31.1 Å². The van der Waals surface area contributed by atoms with Gasteiger partial charge in [-0.15, -0.1) is 0 Å². The summed E-state index contributed by atoms with van der Waals surface area (Å²) < 4.78 is 13.7. The number of piperazine rings is 1. The van der Waals surface area contributed by atoms with Gasteiger partial charge in [-0.25, -0.2) is 4.39 Å². The molecule has 1 aliphatic heterocycles. The molecule has 108 valence electrons. The molecule has 1 aromatic carbocycles. The van der Waals surface area contributed by atoms with Gasteiger partial charge < -0.3 is 10.0 Å². The van der Waals surface area contributed by atoms with E-state index in [9.17, 15) is 9.50 Å². The van der Waals surface area contributed by atoms with Crippen LogP contribution < -0.4 is 4.90 Å². The van der Waals surface area contributed by atoms with Gasteiger partial charge >= 0.3 is 0 Å². The summed E-state index contributed by atoms with van der Waals surface area (Å²) in [4.78, 5) is 4.26. The Kier molecular flexibility index (Phi) is 4.58. The van der Waals surface area contributed by atoms with Crippen molar-refractivity contribution in [1.29, 1.82) is 5.26 Å². The highest BCUT2D eigenvalue weighted by atomic mass is 19.1. The largest absolute Gasteiger partial charge is 0.392 e. The Bertz CT molecular complexity index is 512. The minimum atomic E-state index is -0.469. The Morgan fingerprint density at radius 3 is 2.85 bits per heavy atom. The lowest BCUT2D eigenvalue weighted by atomic mass is 10.1. The molecular weight excluding hydrogens is 257 g/mol. The number of benzene rings is 1. The van der Waals surface area contributed by atoms with E-state index in [0.29, 0.717) is 12.2 Å². The quantitative estimate of drug-likeness (QED) is 0.911. The second-order valence-electron chi connectivity index (χ2n) is 5.40. The van der Waals surface area contributed by atoms with Gasteiger partial charge in [0.15, 0.2) is 0 Å². The lowest BCUT2D eigenvalue weighted by molar-refractivity contribution is 0.114. The molecule has 1 saturated heterocycles. The molecule has 2 rings (SSSR count). The zero-order valence-corrected chi connectivity index (χ0v) is 11.9. The maximum Gasteiger partial charge on any atom is 0.143 e. The van der Waals surface area contributed by atoms with E-state index in [1.165, 1.54) is 6.07 Å². The van der Waals surface area contributed by atoms with E-state index in [-0.39, 0.29) is 17.7 Å². The molecule has 0 radical (unpaired) electrons. The van der Waals surface area contributed by atoms with Crippen LogP contribution in [0, 0.1) is 17.1 Å². The van der Waals surface area contributed by atoms with Crippen molar-refractivity contribution in [1.82, 2.24) is 4.90 Å². The highest BCUT2D eigenvalue weighted by Crippen LogP contribution is 2.26. The molecule has 1 aliphatic rings. The Labute approximate surface area is 119 Å². The van der Waals surface area contributed by atoms with Crippen LogP contribution in [-0.2, 0) is 0 Å². The molecule has 4 nitrogen and oxygen atoms in total. The topological polar surface area (TPSA) is 50.5 Å². The fraction of sp³-hybridized carbons (Fsp3) is 0.533. The van der Waals surface area contributed by atoms with Crippen LogP contribution in [0.15, 0.2) is 18.2 Å². The van der Waals surface area contributed by atoms with Gasteiger partial charge in [-0.3, -0.25) is 4.90 Å². The SMILES string of the molecule is CC(O)CN1CCN(c2cccc(F)c2C#N)C(C)C1. The average Bonchev–Trinajstić information content (AvgIpc) is 2.38. The summed E-state index contributed by atoms with van der Waals surface area (Å²) in [6, 6.07) is 6.88. The van der Waals surface area contributed by atoms with E-state index in [1.54, 1.807) is 19.1 Å².